The number of aliphatic carboxylic acids is 1. The highest BCUT2D eigenvalue weighted by Crippen LogP contribution is 2.23. The van der Waals surface area contributed by atoms with Gasteiger partial charge < -0.3 is 15.3 Å². The van der Waals surface area contributed by atoms with Gasteiger partial charge in [-0.05, 0) is 34.1 Å². The Morgan fingerprint density at radius 3 is 2.71 bits per heavy atom. The quantitative estimate of drug-likeness (QED) is 0.899. The smallest absolute Gasteiger partial charge is 0.323 e. The number of benzene rings is 1. The average Bonchev–Trinajstić information content (AvgIpc) is 2.21. The van der Waals surface area contributed by atoms with Gasteiger partial charge in [-0.2, -0.15) is 0 Å². The number of likely N-dealkylation sites (N-methyl/N-ethyl adjacent to an activating group) is 1. The summed E-state index contributed by atoms with van der Waals surface area (Å²) in [6.07, 6.45) is 0. The number of hydrogen-bond donors (Lipinski definition) is 2. The van der Waals surface area contributed by atoms with Crippen LogP contribution in [0, 0.1) is 5.82 Å². The highest BCUT2D eigenvalue weighted by atomic mass is 79.9. The number of carboxylic acid groups (broad SMARTS) is 1. The molecule has 92 valence electrons. The first-order chi connectivity index (χ1) is 7.90. The maximum atomic E-state index is 12.8. The van der Waals surface area contributed by atoms with Crippen molar-refractivity contribution in [1.82, 2.24) is 4.90 Å². The molecule has 0 spiro atoms. The first kappa shape index (κ1) is 13.4. The second-order valence-electron chi connectivity index (χ2n) is 3.30. The Labute approximate surface area is 105 Å². The van der Waals surface area contributed by atoms with Crippen molar-refractivity contribution in [2.75, 3.05) is 18.9 Å². The van der Waals surface area contributed by atoms with E-state index in [1.165, 1.54) is 25.2 Å². The second kappa shape index (κ2) is 5.62. The molecule has 2 amide bonds. The number of amides is 2. The highest BCUT2D eigenvalue weighted by Gasteiger charge is 2.13. The lowest BCUT2D eigenvalue weighted by atomic mass is 10.3. The van der Waals surface area contributed by atoms with E-state index in [9.17, 15) is 14.0 Å². The molecule has 0 saturated carbocycles. The Bertz CT molecular complexity index is 453. The van der Waals surface area contributed by atoms with Gasteiger partial charge in [0.05, 0.1) is 5.69 Å². The minimum Gasteiger partial charge on any atom is -0.480 e. The lowest BCUT2D eigenvalue weighted by molar-refractivity contribution is -0.137. The minimum absolute atomic E-state index is 0.369. The molecule has 1 aromatic rings. The first-order valence-electron chi connectivity index (χ1n) is 4.59. The van der Waals surface area contributed by atoms with Crippen LogP contribution in [0.4, 0.5) is 14.9 Å². The molecule has 1 aromatic carbocycles. The van der Waals surface area contributed by atoms with Gasteiger partial charge in [-0.3, -0.25) is 4.79 Å². The number of urea groups is 1. The first-order valence-corrected chi connectivity index (χ1v) is 5.38. The molecule has 0 aliphatic heterocycles. The lowest BCUT2D eigenvalue weighted by Gasteiger charge is -2.16. The Morgan fingerprint density at radius 1 is 1.53 bits per heavy atom. The molecule has 7 heteroatoms. The molecule has 0 heterocycles. The van der Waals surface area contributed by atoms with Crippen molar-refractivity contribution in [3.8, 4) is 0 Å². The van der Waals surface area contributed by atoms with Crippen LogP contribution in [0.2, 0.25) is 0 Å². The molecule has 0 aliphatic rings. The van der Waals surface area contributed by atoms with Crippen molar-refractivity contribution in [1.29, 1.82) is 0 Å². The van der Waals surface area contributed by atoms with E-state index in [2.05, 4.69) is 21.2 Å². The Morgan fingerprint density at radius 2 is 2.18 bits per heavy atom. The molecular formula is C10H10BrFN2O3. The van der Waals surface area contributed by atoms with Gasteiger partial charge in [-0.25, -0.2) is 9.18 Å². The molecular weight excluding hydrogens is 295 g/mol. The highest BCUT2D eigenvalue weighted by molar-refractivity contribution is 9.10. The largest absolute Gasteiger partial charge is 0.480 e. The van der Waals surface area contributed by atoms with Crippen LogP contribution in [0.1, 0.15) is 0 Å². The summed E-state index contributed by atoms with van der Waals surface area (Å²) in [4.78, 5) is 22.9. The molecule has 0 saturated heterocycles. The topological polar surface area (TPSA) is 69.6 Å². The number of nitrogens with zero attached hydrogens (tertiary/aromatic N) is 1. The van der Waals surface area contributed by atoms with Gasteiger partial charge in [0.2, 0.25) is 0 Å². The fourth-order valence-electron chi connectivity index (χ4n) is 1.08. The number of nitrogens with one attached hydrogen (secondary N) is 1. The third-order valence-electron chi connectivity index (χ3n) is 1.89. The number of rotatable bonds is 3. The normalized spacial score (nSPS) is 9.82. The Balaban J connectivity index is 2.71. The van der Waals surface area contributed by atoms with Crippen LogP contribution in [0.15, 0.2) is 22.7 Å². The zero-order valence-corrected chi connectivity index (χ0v) is 10.5. The molecule has 0 fully saturated rings. The summed E-state index contributed by atoms with van der Waals surface area (Å²) in [6.45, 7) is -0.412. The zero-order chi connectivity index (χ0) is 13.0. The molecule has 0 bridgehead atoms. The summed E-state index contributed by atoms with van der Waals surface area (Å²) in [6, 6.07) is 3.19. The van der Waals surface area contributed by atoms with Crippen LogP contribution in [0.25, 0.3) is 0 Å². The summed E-state index contributed by atoms with van der Waals surface area (Å²) in [5.74, 6) is -1.55. The number of carboxylic acids is 1. The van der Waals surface area contributed by atoms with Crippen molar-refractivity contribution in [3.63, 3.8) is 0 Å². The van der Waals surface area contributed by atoms with Crippen molar-refractivity contribution in [2.45, 2.75) is 0 Å². The summed E-state index contributed by atoms with van der Waals surface area (Å²) >= 11 is 3.09. The summed E-state index contributed by atoms with van der Waals surface area (Å²) in [7, 11) is 1.35. The predicted molar refractivity (Wildman–Crippen MR) is 63.4 cm³/mol. The lowest BCUT2D eigenvalue weighted by Crippen LogP contribution is -2.35. The second-order valence-corrected chi connectivity index (χ2v) is 4.16. The monoisotopic (exact) mass is 304 g/mol. The maximum Gasteiger partial charge on any atom is 0.323 e. The molecule has 0 atom stereocenters. The average molecular weight is 305 g/mol. The van der Waals surface area contributed by atoms with E-state index in [-0.39, 0.29) is 0 Å². The zero-order valence-electron chi connectivity index (χ0n) is 8.91. The van der Waals surface area contributed by atoms with E-state index >= 15 is 0 Å². The van der Waals surface area contributed by atoms with Crippen LogP contribution in [0.3, 0.4) is 0 Å². The fourth-order valence-corrected chi connectivity index (χ4v) is 1.53. The van der Waals surface area contributed by atoms with Crippen LogP contribution < -0.4 is 5.32 Å². The van der Waals surface area contributed by atoms with Crippen molar-refractivity contribution >= 4 is 33.6 Å². The van der Waals surface area contributed by atoms with Crippen molar-refractivity contribution in [3.05, 3.63) is 28.5 Å². The number of carbonyl (C=O) groups is 2. The van der Waals surface area contributed by atoms with E-state index in [4.69, 9.17) is 5.11 Å². The third kappa shape index (κ3) is 4.03. The molecule has 0 radical (unpaired) electrons. The van der Waals surface area contributed by atoms with Gasteiger partial charge in [0.25, 0.3) is 0 Å². The van der Waals surface area contributed by atoms with Gasteiger partial charge in [0.15, 0.2) is 0 Å². The van der Waals surface area contributed by atoms with Gasteiger partial charge in [-0.15, -0.1) is 0 Å². The number of hydrogen-bond acceptors (Lipinski definition) is 2. The van der Waals surface area contributed by atoms with Crippen LogP contribution >= 0.6 is 15.9 Å². The van der Waals surface area contributed by atoms with Gasteiger partial charge in [0.1, 0.15) is 12.4 Å². The van der Waals surface area contributed by atoms with Crippen LogP contribution in [0.5, 0.6) is 0 Å². The fraction of sp³-hybridized carbons (Fsp3) is 0.200. The number of carbonyl (C=O) groups excluding carboxylic acids is 1. The van der Waals surface area contributed by atoms with E-state index < -0.39 is 24.4 Å². The van der Waals surface area contributed by atoms with Gasteiger partial charge in [-0.1, -0.05) is 0 Å². The van der Waals surface area contributed by atoms with Crippen molar-refractivity contribution in [2.24, 2.45) is 0 Å². The van der Waals surface area contributed by atoms with E-state index in [1.54, 1.807) is 0 Å². The maximum absolute atomic E-state index is 12.8. The Kier molecular flexibility index (Phi) is 4.45. The van der Waals surface area contributed by atoms with Gasteiger partial charge in [0, 0.05) is 11.5 Å². The third-order valence-corrected chi connectivity index (χ3v) is 2.55. The van der Waals surface area contributed by atoms with E-state index in [0.29, 0.717) is 10.2 Å². The van der Waals surface area contributed by atoms with E-state index in [0.717, 1.165) is 4.90 Å². The Hall–Kier alpha value is -1.63. The minimum atomic E-state index is -1.11. The molecule has 0 unspecified atom stereocenters. The predicted octanol–water partition coefficient (Wildman–Crippen LogP) is 2.14. The van der Waals surface area contributed by atoms with Crippen LogP contribution in [-0.4, -0.2) is 35.6 Å². The summed E-state index contributed by atoms with van der Waals surface area (Å²) in [5.41, 5.74) is 0.369. The molecule has 5 nitrogen and oxygen atoms in total. The van der Waals surface area contributed by atoms with E-state index in [1.807, 2.05) is 0 Å². The summed E-state index contributed by atoms with van der Waals surface area (Å²) in [5, 5.41) is 11.0. The SMILES string of the molecule is CN(CC(=O)O)C(=O)Nc1ccc(F)cc1Br. The number of halogens is 2. The van der Waals surface area contributed by atoms with Crippen LogP contribution in [-0.2, 0) is 4.79 Å². The standard InChI is InChI=1S/C10H10BrFN2O3/c1-14(5-9(15)16)10(17)13-8-3-2-6(12)4-7(8)11/h2-4H,5H2,1H3,(H,13,17)(H,15,16). The molecule has 0 aliphatic carbocycles. The van der Waals surface area contributed by atoms with Gasteiger partial charge >= 0.3 is 12.0 Å². The van der Waals surface area contributed by atoms with Crippen molar-refractivity contribution < 1.29 is 19.1 Å². The molecule has 17 heavy (non-hydrogen) atoms. The molecule has 0 aromatic heterocycles. The molecule has 1 rings (SSSR count). The number of anilines is 1. The molecule has 2 N–H and O–H groups in total. The summed E-state index contributed by atoms with van der Waals surface area (Å²) < 4.78 is 13.2.